The van der Waals surface area contributed by atoms with E-state index in [1.165, 1.54) is 11.1 Å². The molecule has 1 aliphatic carbocycles. The summed E-state index contributed by atoms with van der Waals surface area (Å²) in [6, 6.07) is 14.8. The number of H-pyrrole nitrogens is 1. The number of nitrogens with one attached hydrogen (secondary N) is 1. The molecule has 0 saturated carbocycles. The first-order valence-electron chi connectivity index (χ1n) is 6.61. The van der Waals surface area contributed by atoms with Crippen molar-refractivity contribution in [2.24, 2.45) is 5.73 Å². The second-order valence-corrected chi connectivity index (χ2v) is 5.13. The number of imidazole rings is 1. The summed E-state index contributed by atoms with van der Waals surface area (Å²) < 4.78 is 0. The van der Waals surface area contributed by atoms with Crippen LogP contribution in [0.4, 0.5) is 0 Å². The van der Waals surface area contributed by atoms with Crippen LogP contribution in [0, 0.1) is 0 Å². The Morgan fingerprint density at radius 3 is 2.95 bits per heavy atom. The molecule has 3 aromatic rings. The molecule has 0 aliphatic heterocycles. The van der Waals surface area contributed by atoms with Crippen LogP contribution in [0.25, 0.3) is 11.0 Å². The van der Waals surface area contributed by atoms with E-state index in [9.17, 15) is 0 Å². The van der Waals surface area contributed by atoms with Crippen molar-refractivity contribution in [3.63, 3.8) is 0 Å². The van der Waals surface area contributed by atoms with E-state index in [0.717, 1.165) is 28.8 Å². The van der Waals surface area contributed by atoms with Gasteiger partial charge in [-0.05, 0) is 35.2 Å². The molecule has 1 heterocycles. The highest BCUT2D eigenvalue weighted by Crippen LogP contribution is 2.39. The van der Waals surface area contributed by atoms with E-state index in [4.69, 9.17) is 10.7 Å². The predicted octanol–water partition coefficient (Wildman–Crippen LogP) is 2.71. The Morgan fingerprint density at radius 1 is 1.21 bits per heavy atom. The quantitative estimate of drug-likeness (QED) is 0.733. The summed E-state index contributed by atoms with van der Waals surface area (Å²) in [6.07, 6.45) is 1.08. The fourth-order valence-corrected chi connectivity index (χ4v) is 2.87. The van der Waals surface area contributed by atoms with Crippen LogP contribution in [-0.2, 0) is 13.0 Å². The monoisotopic (exact) mass is 249 g/mol. The molecular formula is C16H15N3. The number of rotatable bonds is 2. The maximum atomic E-state index is 5.67. The van der Waals surface area contributed by atoms with Crippen LogP contribution in [0.15, 0.2) is 42.5 Å². The molecule has 3 N–H and O–H groups in total. The second kappa shape index (κ2) is 3.93. The normalized spacial score (nSPS) is 17.2. The molecule has 94 valence electrons. The van der Waals surface area contributed by atoms with Gasteiger partial charge in [-0.15, -0.1) is 0 Å². The Bertz CT molecular complexity index is 758. The van der Waals surface area contributed by atoms with Gasteiger partial charge in [0.15, 0.2) is 0 Å². The molecule has 0 saturated heterocycles. The lowest BCUT2D eigenvalue weighted by Gasteiger charge is -2.28. The van der Waals surface area contributed by atoms with E-state index in [1.807, 2.05) is 12.1 Å². The van der Waals surface area contributed by atoms with Gasteiger partial charge in [0.05, 0.1) is 11.0 Å². The van der Waals surface area contributed by atoms with Crippen LogP contribution < -0.4 is 5.73 Å². The number of benzene rings is 2. The number of hydrogen-bond acceptors (Lipinski definition) is 2. The van der Waals surface area contributed by atoms with Crippen LogP contribution in [0.2, 0.25) is 0 Å². The molecule has 3 nitrogen and oxygen atoms in total. The third kappa shape index (κ3) is 1.59. The van der Waals surface area contributed by atoms with E-state index in [2.05, 4.69) is 35.3 Å². The minimum Gasteiger partial charge on any atom is -0.341 e. The molecule has 0 radical (unpaired) electrons. The predicted molar refractivity (Wildman–Crippen MR) is 76.0 cm³/mol. The zero-order valence-corrected chi connectivity index (χ0v) is 10.6. The Kier molecular flexibility index (Phi) is 2.23. The first kappa shape index (κ1) is 10.8. The van der Waals surface area contributed by atoms with Crippen LogP contribution >= 0.6 is 0 Å². The van der Waals surface area contributed by atoms with Gasteiger partial charge in [0.1, 0.15) is 5.82 Å². The second-order valence-electron chi connectivity index (χ2n) is 5.13. The van der Waals surface area contributed by atoms with Crippen molar-refractivity contribution in [2.45, 2.75) is 18.9 Å². The summed E-state index contributed by atoms with van der Waals surface area (Å²) in [5.41, 5.74) is 11.8. The van der Waals surface area contributed by atoms with Gasteiger partial charge in [0, 0.05) is 12.5 Å². The number of nitrogens with zero attached hydrogens (tertiary/aromatic N) is 1. The molecule has 4 rings (SSSR count). The molecule has 19 heavy (non-hydrogen) atoms. The van der Waals surface area contributed by atoms with E-state index < -0.39 is 0 Å². The zero-order chi connectivity index (χ0) is 12.8. The zero-order valence-electron chi connectivity index (χ0n) is 10.6. The number of nitrogens with two attached hydrogens (primary N) is 1. The van der Waals surface area contributed by atoms with Crippen LogP contribution in [0.1, 0.15) is 28.4 Å². The van der Waals surface area contributed by atoms with Gasteiger partial charge >= 0.3 is 0 Å². The van der Waals surface area contributed by atoms with Crippen LogP contribution in [-0.4, -0.2) is 9.97 Å². The molecule has 1 aromatic heterocycles. The Morgan fingerprint density at radius 2 is 2.11 bits per heavy atom. The highest BCUT2D eigenvalue weighted by molar-refractivity contribution is 5.76. The van der Waals surface area contributed by atoms with Gasteiger partial charge in [-0.1, -0.05) is 30.3 Å². The minimum atomic E-state index is 0.421. The summed E-state index contributed by atoms with van der Waals surface area (Å²) in [6.45, 7) is 0.566. The fourth-order valence-electron chi connectivity index (χ4n) is 2.87. The van der Waals surface area contributed by atoms with Crippen molar-refractivity contribution in [3.05, 3.63) is 65.0 Å². The lowest BCUT2D eigenvalue weighted by molar-refractivity contribution is 0.671. The van der Waals surface area contributed by atoms with Crippen molar-refractivity contribution in [1.29, 1.82) is 0 Å². The Labute approximate surface area is 111 Å². The molecule has 0 fully saturated rings. The minimum absolute atomic E-state index is 0.421. The molecule has 0 bridgehead atoms. The SMILES string of the molecule is NCc1ccc2nc(C3Cc4ccccc43)[nH]c2c1. The van der Waals surface area contributed by atoms with E-state index in [-0.39, 0.29) is 0 Å². The van der Waals surface area contributed by atoms with Gasteiger partial charge in [0.25, 0.3) is 0 Å². The Hall–Kier alpha value is -2.13. The average molecular weight is 249 g/mol. The lowest BCUT2D eigenvalue weighted by atomic mass is 9.77. The summed E-state index contributed by atoms with van der Waals surface area (Å²) in [5, 5.41) is 0. The van der Waals surface area contributed by atoms with Gasteiger partial charge in [0.2, 0.25) is 0 Å². The number of aromatic nitrogens is 2. The summed E-state index contributed by atoms with van der Waals surface area (Å²) in [5.74, 6) is 1.49. The summed E-state index contributed by atoms with van der Waals surface area (Å²) in [4.78, 5) is 8.16. The smallest absolute Gasteiger partial charge is 0.115 e. The molecule has 2 aromatic carbocycles. The molecule has 0 spiro atoms. The third-order valence-corrected chi connectivity index (χ3v) is 3.98. The largest absolute Gasteiger partial charge is 0.341 e. The van der Waals surface area contributed by atoms with Gasteiger partial charge in [-0.3, -0.25) is 0 Å². The number of hydrogen-bond donors (Lipinski definition) is 2. The van der Waals surface area contributed by atoms with Crippen LogP contribution in [0.5, 0.6) is 0 Å². The first-order valence-corrected chi connectivity index (χ1v) is 6.61. The summed E-state index contributed by atoms with van der Waals surface area (Å²) >= 11 is 0. The van der Waals surface area contributed by atoms with E-state index in [1.54, 1.807) is 0 Å². The standard InChI is InChI=1S/C16H15N3/c17-9-10-5-6-14-15(7-10)19-16(18-14)13-8-11-3-1-2-4-12(11)13/h1-7,13H,8-9,17H2,(H,18,19). The third-order valence-electron chi connectivity index (χ3n) is 3.98. The maximum Gasteiger partial charge on any atom is 0.115 e. The maximum absolute atomic E-state index is 5.67. The lowest BCUT2D eigenvalue weighted by Crippen LogP contribution is -2.18. The van der Waals surface area contributed by atoms with Crippen LogP contribution in [0.3, 0.4) is 0 Å². The number of fused-ring (bicyclic) bond motifs is 2. The van der Waals surface area contributed by atoms with Crippen molar-refractivity contribution < 1.29 is 0 Å². The molecule has 0 amide bonds. The first-order chi connectivity index (χ1) is 9.35. The average Bonchev–Trinajstić information content (AvgIpc) is 2.82. The van der Waals surface area contributed by atoms with Gasteiger partial charge in [-0.2, -0.15) is 0 Å². The topological polar surface area (TPSA) is 54.7 Å². The van der Waals surface area contributed by atoms with Crippen molar-refractivity contribution in [3.8, 4) is 0 Å². The highest BCUT2D eigenvalue weighted by atomic mass is 14.9. The van der Waals surface area contributed by atoms with Crippen molar-refractivity contribution in [1.82, 2.24) is 9.97 Å². The molecule has 1 atom stereocenters. The number of aromatic amines is 1. The van der Waals surface area contributed by atoms with E-state index >= 15 is 0 Å². The molecular weight excluding hydrogens is 234 g/mol. The molecule has 1 aliphatic rings. The summed E-state index contributed by atoms with van der Waals surface area (Å²) in [7, 11) is 0. The molecule has 3 heteroatoms. The van der Waals surface area contributed by atoms with Gasteiger partial charge in [-0.25, -0.2) is 4.98 Å². The highest BCUT2D eigenvalue weighted by Gasteiger charge is 2.29. The van der Waals surface area contributed by atoms with Gasteiger partial charge < -0.3 is 10.7 Å². The fraction of sp³-hybridized carbons (Fsp3) is 0.188. The van der Waals surface area contributed by atoms with Crippen molar-refractivity contribution >= 4 is 11.0 Å². The van der Waals surface area contributed by atoms with E-state index in [0.29, 0.717) is 12.5 Å². The van der Waals surface area contributed by atoms with Crippen molar-refractivity contribution in [2.75, 3.05) is 0 Å². The molecule has 1 unspecified atom stereocenters. The Balaban J connectivity index is 1.77.